The van der Waals surface area contributed by atoms with Gasteiger partial charge in [0.1, 0.15) is 5.69 Å². The zero-order valence-corrected chi connectivity index (χ0v) is 12.4. The normalized spacial score (nSPS) is 15.3. The van der Waals surface area contributed by atoms with Crippen LogP contribution in [-0.4, -0.2) is 41.1 Å². The Morgan fingerprint density at radius 3 is 2.22 bits per heavy atom. The molecule has 2 aromatic rings. The van der Waals surface area contributed by atoms with Crippen molar-refractivity contribution in [2.45, 2.75) is 6.43 Å². The van der Waals surface area contributed by atoms with Crippen LogP contribution in [-0.2, 0) is 0 Å². The highest BCUT2D eigenvalue weighted by Gasteiger charge is 2.20. The van der Waals surface area contributed by atoms with Gasteiger partial charge in [-0.2, -0.15) is 4.98 Å². The van der Waals surface area contributed by atoms with Gasteiger partial charge in [-0.25, -0.2) is 13.8 Å². The topological polar surface area (TPSA) is 97.2 Å². The lowest BCUT2D eigenvalue weighted by molar-refractivity contribution is 0.146. The van der Waals surface area contributed by atoms with Gasteiger partial charge in [0.15, 0.2) is 5.82 Å². The van der Waals surface area contributed by atoms with E-state index in [0.717, 1.165) is 24.5 Å². The SMILES string of the molecule is Nc1ncc(N2CCN(c3ccc(C(F)F)nc3)CC2)c(N)n1. The van der Waals surface area contributed by atoms with Crippen molar-refractivity contribution in [3.05, 3.63) is 30.2 Å². The van der Waals surface area contributed by atoms with E-state index in [0.29, 0.717) is 18.9 Å². The van der Waals surface area contributed by atoms with Crippen molar-refractivity contribution >= 4 is 23.1 Å². The number of nitrogen functional groups attached to an aromatic ring is 2. The van der Waals surface area contributed by atoms with Crippen LogP contribution in [0.25, 0.3) is 0 Å². The minimum absolute atomic E-state index is 0.148. The Hall–Kier alpha value is -2.71. The number of rotatable bonds is 3. The van der Waals surface area contributed by atoms with E-state index < -0.39 is 6.43 Å². The average molecular weight is 321 g/mol. The predicted molar refractivity (Wildman–Crippen MR) is 84.5 cm³/mol. The molecule has 0 spiro atoms. The summed E-state index contributed by atoms with van der Waals surface area (Å²) in [4.78, 5) is 15.9. The summed E-state index contributed by atoms with van der Waals surface area (Å²) >= 11 is 0. The Morgan fingerprint density at radius 2 is 1.65 bits per heavy atom. The number of halogens is 2. The van der Waals surface area contributed by atoms with Crippen LogP contribution in [0.2, 0.25) is 0 Å². The Balaban J connectivity index is 1.66. The molecule has 0 amide bonds. The number of piperazine rings is 1. The van der Waals surface area contributed by atoms with Gasteiger partial charge in [-0.15, -0.1) is 0 Å². The molecule has 1 aliphatic rings. The van der Waals surface area contributed by atoms with E-state index in [9.17, 15) is 8.78 Å². The highest BCUT2D eigenvalue weighted by molar-refractivity contribution is 5.64. The van der Waals surface area contributed by atoms with Crippen molar-refractivity contribution in [3.63, 3.8) is 0 Å². The Labute approximate surface area is 131 Å². The van der Waals surface area contributed by atoms with Crippen LogP contribution in [0.3, 0.4) is 0 Å². The number of nitrogens with zero attached hydrogens (tertiary/aromatic N) is 5. The fraction of sp³-hybridized carbons (Fsp3) is 0.357. The molecule has 0 radical (unpaired) electrons. The van der Waals surface area contributed by atoms with Crippen LogP contribution in [0.1, 0.15) is 12.1 Å². The fourth-order valence-electron chi connectivity index (χ4n) is 2.57. The molecule has 3 heterocycles. The first-order valence-electron chi connectivity index (χ1n) is 7.16. The summed E-state index contributed by atoms with van der Waals surface area (Å²) in [7, 11) is 0. The van der Waals surface area contributed by atoms with E-state index in [4.69, 9.17) is 11.5 Å². The molecule has 4 N–H and O–H groups in total. The molecule has 23 heavy (non-hydrogen) atoms. The molecule has 1 saturated heterocycles. The van der Waals surface area contributed by atoms with E-state index in [-0.39, 0.29) is 11.6 Å². The lowest BCUT2D eigenvalue weighted by Gasteiger charge is -2.37. The molecule has 7 nitrogen and oxygen atoms in total. The molecule has 0 bridgehead atoms. The Bertz CT molecular complexity index is 669. The van der Waals surface area contributed by atoms with Crippen LogP contribution >= 0.6 is 0 Å². The summed E-state index contributed by atoms with van der Waals surface area (Å²) in [6.45, 7) is 2.88. The molecule has 1 aliphatic heterocycles. The maximum Gasteiger partial charge on any atom is 0.280 e. The van der Waals surface area contributed by atoms with E-state index in [1.165, 1.54) is 12.3 Å². The zero-order chi connectivity index (χ0) is 16.4. The first kappa shape index (κ1) is 15.2. The molecule has 0 aliphatic carbocycles. The number of nitrogens with two attached hydrogens (primary N) is 2. The van der Waals surface area contributed by atoms with Gasteiger partial charge in [0.2, 0.25) is 5.95 Å². The van der Waals surface area contributed by atoms with E-state index in [1.807, 2.05) is 0 Å². The van der Waals surface area contributed by atoms with Crippen molar-refractivity contribution in [2.24, 2.45) is 0 Å². The van der Waals surface area contributed by atoms with Gasteiger partial charge in [0, 0.05) is 26.2 Å². The summed E-state index contributed by atoms with van der Waals surface area (Å²) in [6.07, 6.45) is 0.554. The Morgan fingerprint density at radius 1 is 0.957 bits per heavy atom. The van der Waals surface area contributed by atoms with Gasteiger partial charge in [0.25, 0.3) is 6.43 Å². The van der Waals surface area contributed by atoms with Gasteiger partial charge in [-0.05, 0) is 12.1 Å². The van der Waals surface area contributed by atoms with Gasteiger partial charge >= 0.3 is 0 Å². The lowest BCUT2D eigenvalue weighted by Crippen LogP contribution is -2.46. The monoisotopic (exact) mass is 321 g/mol. The van der Waals surface area contributed by atoms with Gasteiger partial charge in [0.05, 0.1) is 23.8 Å². The Kier molecular flexibility index (Phi) is 4.09. The maximum atomic E-state index is 12.5. The summed E-state index contributed by atoms with van der Waals surface area (Å²) in [5, 5.41) is 0. The molecule has 2 aromatic heterocycles. The largest absolute Gasteiger partial charge is 0.382 e. The van der Waals surface area contributed by atoms with Crippen LogP contribution in [0, 0.1) is 0 Å². The van der Waals surface area contributed by atoms with Crippen LogP contribution in [0.4, 0.5) is 31.9 Å². The number of anilines is 4. The quantitative estimate of drug-likeness (QED) is 0.879. The third-order valence-corrected chi connectivity index (χ3v) is 3.80. The molecule has 0 saturated carbocycles. The fourth-order valence-corrected chi connectivity index (χ4v) is 2.57. The third kappa shape index (κ3) is 3.22. The van der Waals surface area contributed by atoms with Crippen LogP contribution < -0.4 is 21.3 Å². The molecule has 0 unspecified atom stereocenters. The molecule has 1 fully saturated rings. The van der Waals surface area contributed by atoms with E-state index >= 15 is 0 Å². The maximum absolute atomic E-state index is 12.5. The lowest BCUT2D eigenvalue weighted by atomic mass is 10.2. The van der Waals surface area contributed by atoms with Crippen molar-refractivity contribution in [2.75, 3.05) is 47.4 Å². The van der Waals surface area contributed by atoms with Crippen LogP contribution in [0.5, 0.6) is 0 Å². The first-order chi connectivity index (χ1) is 11.0. The highest BCUT2D eigenvalue weighted by Crippen LogP contribution is 2.24. The minimum atomic E-state index is -2.55. The van der Waals surface area contributed by atoms with E-state index in [2.05, 4.69) is 24.8 Å². The van der Waals surface area contributed by atoms with Crippen molar-refractivity contribution in [1.29, 1.82) is 0 Å². The number of hydrogen-bond donors (Lipinski definition) is 2. The molecule has 122 valence electrons. The molecule has 3 rings (SSSR count). The summed E-state index contributed by atoms with van der Waals surface area (Å²) in [6, 6.07) is 3.03. The summed E-state index contributed by atoms with van der Waals surface area (Å²) in [5.41, 5.74) is 12.7. The molecular formula is C14H17F2N7. The van der Waals surface area contributed by atoms with Crippen molar-refractivity contribution < 1.29 is 8.78 Å². The number of hydrogen-bond acceptors (Lipinski definition) is 7. The third-order valence-electron chi connectivity index (χ3n) is 3.80. The van der Waals surface area contributed by atoms with Gasteiger partial charge < -0.3 is 21.3 Å². The first-order valence-corrected chi connectivity index (χ1v) is 7.16. The average Bonchev–Trinajstić information content (AvgIpc) is 2.55. The second kappa shape index (κ2) is 6.19. The second-order valence-corrected chi connectivity index (χ2v) is 5.21. The van der Waals surface area contributed by atoms with Gasteiger partial charge in [-0.1, -0.05) is 0 Å². The van der Waals surface area contributed by atoms with Crippen molar-refractivity contribution in [1.82, 2.24) is 15.0 Å². The summed E-state index contributed by atoms with van der Waals surface area (Å²) in [5.74, 6) is 0.504. The standard InChI is InChI=1S/C14H17F2N7/c15-12(16)10-2-1-9(7-19-10)22-3-5-23(6-4-22)11-8-20-14(18)21-13(11)17/h1-2,7-8,12H,3-6H2,(H4,17,18,20,21). The van der Waals surface area contributed by atoms with Crippen molar-refractivity contribution in [3.8, 4) is 0 Å². The second-order valence-electron chi connectivity index (χ2n) is 5.21. The minimum Gasteiger partial charge on any atom is -0.382 e. The van der Waals surface area contributed by atoms with Crippen LogP contribution in [0.15, 0.2) is 24.5 Å². The van der Waals surface area contributed by atoms with Gasteiger partial charge in [-0.3, -0.25) is 4.98 Å². The molecular weight excluding hydrogens is 304 g/mol. The molecule has 0 aromatic carbocycles. The summed E-state index contributed by atoms with van der Waals surface area (Å²) < 4.78 is 25.1. The smallest absolute Gasteiger partial charge is 0.280 e. The van der Waals surface area contributed by atoms with E-state index in [1.54, 1.807) is 12.3 Å². The number of aromatic nitrogens is 3. The molecule has 0 atom stereocenters. The number of pyridine rings is 1. The predicted octanol–water partition coefficient (Wildman–Crippen LogP) is 1.30. The highest BCUT2D eigenvalue weighted by atomic mass is 19.3. The zero-order valence-electron chi connectivity index (χ0n) is 12.4. The number of alkyl halides is 2. The molecule has 9 heteroatoms.